The predicted molar refractivity (Wildman–Crippen MR) is 109 cm³/mol. The molecular weight excluding hydrogens is 376 g/mol. The van der Waals surface area contributed by atoms with Crippen molar-refractivity contribution in [3.63, 3.8) is 0 Å². The molecule has 0 saturated heterocycles. The highest BCUT2D eigenvalue weighted by Gasteiger charge is 2.11. The van der Waals surface area contributed by atoms with Gasteiger partial charge in [0.2, 0.25) is 5.91 Å². The van der Waals surface area contributed by atoms with E-state index < -0.39 is 0 Å². The smallest absolute Gasteiger partial charge is 0.261 e. The summed E-state index contributed by atoms with van der Waals surface area (Å²) in [7, 11) is 1.61. The van der Waals surface area contributed by atoms with Gasteiger partial charge in [-0.15, -0.1) is 11.3 Å². The zero-order valence-corrected chi connectivity index (χ0v) is 15.8. The third-order valence-electron chi connectivity index (χ3n) is 4.18. The first-order chi connectivity index (χ1) is 13.6. The number of nitrogens with one attached hydrogen (secondary N) is 1. The lowest BCUT2D eigenvalue weighted by Gasteiger charge is -2.06. The van der Waals surface area contributed by atoms with Gasteiger partial charge in [-0.05, 0) is 36.4 Å². The number of benzene rings is 2. The van der Waals surface area contributed by atoms with Gasteiger partial charge < -0.3 is 10.1 Å². The van der Waals surface area contributed by atoms with Gasteiger partial charge in [-0.1, -0.05) is 12.1 Å². The van der Waals surface area contributed by atoms with E-state index in [0.717, 1.165) is 17.0 Å². The van der Waals surface area contributed by atoms with Gasteiger partial charge in [0.25, 0.3) is 5.56 Å². The summed E-state index contributed by atoms with van der Waals surface area (Å²) in [6.07, 6.45) is 1.38. The normalized spacial score (nSPS) is 10.8. The molecule has 7 nitrogen and oxygen atoms in total. The molecule has 0 atom stereocenters. The van der Waals surface area contributed by atoms with Gasteiger partial charge in [-0.2, -0.15) is 0 Å². The third-order valence-corrected chi connectivity index (χ3v) is 4.94. The molecule has 4 rings (SSSR count). The third kappa shape index (κ3) is 3.63. The summed E-state index contributed by atoms with van der Waals surface area (Å²) >= 11 is 1.32. The van der Waals surface area contributed by atoms with Gasteiger partial charge in [0, 0.05) is 10.9 Å². The Morgan fingerprint density at radius 1 is 1.18 bits per heavy atom. The Morgan fingerprint density at radius 3 is 2.75 bits per heavy atom. The Bertz CT molecular complexity index is 1200. The molecule has 2 aromatic heterocycles. The van der Waals surface area contributed by atoms with E-state index in [-0.39, 0.29) is 18.0 Å². The van der Waals surface area contributed by atoms with Crippen molar-refractivity contribution >= 4 is 33.3 Å². The molecule has 1 amide bonds. The van der Waals surface area contributed by atoms with Crippen LogP contribution in [0.5, 0.6) is 5.75 Å². The Kier molecular flexibility index (Phi) is 4.86. The van der Waals surface area contributed by atoms with Gasteiger partial charge in [0.05, 0.1) is 30.0 Å². The SMILES string of the molecule is COc1ccc(-c2csc(NC(=O)Cn3cnc4ccccc4c3=O)n2)cc1. The van der Waals surface area contributed by atoms with Gasteiger partial charge in [-0.3, -0.25) is 14.2 Å². The Morgan fingerprint density at radius 2 is 1.96 bits per heavy atom. The minimum atomic E-state index is -0.338. The molecule has 1 N–H and O–H groups in total. The number of carbonyl (C=O) groups is 1. The molecular formula is C20H16N4O3S. The second kappa shape index (κ2) is 7.61. The highest BCUT2D eigenvalue weighted by atomic mass is 32.1. The fourth-order valence-corrected chi connectivity index (χ4v) is 3.49. The number of hydrogen-bond acceptors (Lipinski definition) is 6. The quantitative estimate of drug-likeness (QED) is 0.564. The summed E-state index contributed by atoms with van der Waals surface area (Å²) in [6.45, 7) is -0.131. The number of ether oxygens (including phenoxy) is 1. The van der Waals surface area contributed by atoms with Crippen molar-refractivity contribution in [1.29, 1.82) is 0 Å². The number of thiazole rings is 1. The number of carbonyl (C=O) groups excluding carboxylic acids is 1. The van der Waals surface area contributed by atoms with Crippen LogP contribution in [0, 0.1) is 0 Å². The number of fused-ring (bicyclic) bond motifs is 1. The van der Waals surface area contributed by atoms with Crippen LogP contribution >= 0.6 is 11.3 Å². The number of hydrogen-bond donors (Lipinski definition) is 1. The number of methoxy groups -OCH3 is 1. The molecule has 4 aromatic rings. The molecule has 0 saturated carbocycles. The molecule has 0 radical (unpaired) electrons. The van der Waals surface area contributed by atoms with Crippen molar-refractivity contribution in [1.82, 2.24) is 14.5 Å². The standard InChI is InChI=1S/C20H16N4O3S/c1-27-14-8-6-13(7-9-14)17-11-28-20(22-17)23-18(25)10-24-12-21-16-5-3-2-4-15(16)19(24)26/h2-9,11-12H,10H2,1H3,(H,22,23,25). The van der Waals surface area contributed by atoms with Crippen LogP contribution in [0.1, 0.15) is 0 Å². The van der Waals surface area contributed by atoms with Crippen molar-refractivity contribution in [3.05, 3.63) is 70.6 Å². The number of rotatable bonds is 5. The van der Waals surface area contributed by atoms with E-state index in [0.29, 0.717) is 16.0 Å². The first-order valence-electron chi connectivity index (χ1n) is 8.48. The molecule has 0 aliphatic rings. The minimum Gasteiger partial charge on any atom is -0.497 e. The van der Waals surface area contributed by atoms with Crippen LogP contribution < -0.4 is 15.6 Å². The molecule has 2 aromatic carbocycles. The van der Waals surface area contributed by atoms with E-state index in [1.807, 2.05) is 35.7 Å². The first kappa shape index (κ1) is 17.9. The second-order valence-electron chi connectivity index (χ2n) is 6.01. The molecule has 2 heterocycles. The zero-order valence-electron chi connectivity index (χ0n) is 15.0. The van der Waals surface area contributed by atoms with Crippen molar-refractivity contribution < 1.29 is 9.53 Å². The summed E-state index contributed by atoms with van der Waals surface area (Å²) in [6, 6.07) is 14.6. The summed E-state index contributed by atoms with van der Waals surface area (Å²) in [5.41, 5.74) is 2.03. The van der Waals surface area contributed by atoms with E-state index in [9.17, 15) is 9.59 Å². The first-order valence-corrected chi connectivity index (χ1v) is 9.36. The summed E-state index contributed by atoms with van der Waals surface area (Å²) in [4.78, 5) is 33.5. The maximum atomic E-state index is 12.5. The second-order valence-corrected chi connectivity index (χ2v) is 6.87. The van der Waals surface area contributed by atoms with Crippen molar-refractivity contribution in [3.8, 4) is 17.0 Å². The van der Waals surface area contributed by atoms with Gasteiger partial charge in [-0.25, -0.2) is 9.97 Å². The lowest BCUT2D eigenvalue weighted by atomic mass is 10.2. The highest BCUT2D eigenvalue weighted by Crippen LogP contribution is 2.26. The van der Waals surface area contributed by atoms with Crippen LogP contribution in [-0.4, -0.2) is 27.6 Å². The van der Waals surface area contributed by atoms with E-state index in [2.05, 4.69) is 15.3 Å². The van der Waals surface area contributed by atoms with Crippen LogP contribution in [-0.2, 0) is 11.3 Å². The van der Waals surface area contributed by atoms with E-state index in [1.54, 1.807) is 25.3 Å². The maximum Gasteiger partial charge on any atom is 0.261 e. The predicted octanol–water partition coefficient (Wildman–Crippen LogP) is 3.17. The minimum absolute atomic E-state index is 0.131. The molecule has 0 fully saturated rings. The molecule has 0 aliphatic carbocycles. The fraction of sp³-hybridized carbons (Fsp3) is 0.100. The summed E-state index contributed by atoms with van der Waals surface area (Å²) in [5.74, 6) is 0.428. The van der Waals surface area contributed by atoms with Crippen molar-refractivity contribution in [2.45, 2.75) is 6.54 Å². The zero-order chi connectivity index (χ0) is 19.5. The molecule has 28 heavy (non-hydrogen) atoms. The lowest BCUT2D eigenvalue weighted by Crippen LogP contribution is -2.27. The molecule has 0 unspecified atom stereocenters. The van der Waals surface area contributed by atoms with E-state index in [4.69, 9.17) is 4.74 Å². The van der Waals surface area contributed by atoms with E-state index >= 15 is 0 Å². The number of aromatic nitrogens is 3. The fourth-order valence-electron chi connectivity index (χ4n) is 2.76. The topological polar surface area (TPSA) is 86.1 Å². The molecule has 0 aliphatic heterocycles. The molecule has 140 valence electrons. The highest BCUT2D eigenvalue weighted by molar-refractivity contribution is 7.14. The van der Waals surface area contributed by atoms with Crippen LogP contribution in [0.2, 0.25) is 0 Å². The van der Waals surface area contributed by atoms with Crippen molar-refractivity contribution in [2.75, 3.05) is 12.4 Å². The average molecular weight is 392 g/mol. The monoisotopic (exact) mass is 392 g/mol. The molecule has 0 bridgehead atoms. The maximum absolute atomic E-state index is 12.5. The lowest BCUT2D eigenvalue weighted by molar-refractivity contribution is -0.116. The van der Waals surface area contributed by atoms with Crippen LogP contribution in [0.15, 0.2) is 65.0 Å². The van der Waals surface area contributed by atoms with Gasteiger partial charge >= 0.3 is 0 Å². The average Bonchev–Trinajstić information content (AvgIpc) is 3.18. The molecule has 8 heteroatoms. The van der Waals surface area contributed by atoms with Crippen LogP contribution in [0.25, 0.3) is 22.2 Å². The number of amides is 1. The summed E-state index contributed by atoms with van der Waals surface area (Å²) < 4.78 is 6.44. The largest absolute Gasteiger partial charge is 0.497 e. The van der Waals surface area contributed by atoms with Gasteiger partial charge in [0.1, 0.15) is 12.3 Å². The Labute approximate surface area is 164 Å². The van der Waals surface area contributed by atoms with Crippen molar-refractivity contribution in [2.24, 2.45) is 0 Å². The Balaban J connectivity index is 1.48. The van der Waals surface area contributed by atoms with Crippen LogP contribution in [0.4, 0.5) is 5.13 Å². The Hall–Kier alpha value is -3.52. The van der Waals surface area contributed by atoms with Gasteiger partial charge in [0.15, 0.2) is 5.13 Å². The summed E-state index contributed by atoms with van der Waals surface area (Å²) in [5, 5.41) is 5.55. The number of nitrogens with zero attached hydrogens (tertiary/aromatic N) is 3. The number of para-hydroxylation sites is 1. The van der Waals surface area contributed by atoms with Crippen LogP contribution in [0.3, 0.4) is 0 Å². The number of anilines is 1. The molecule has 0 spiro atoms. The van der Waals surface area contributed by atoms with E-state index in [1.165, 1.54) is 22.2 Å².